The number of carbonyl (C=O) groups excluding carboxylic acids is 1. The molecule has 0 aromatic heterocycles. The molecule has 2 rings (SSSR count). The molecule has 2 aromatic carbocycles. The minimum Gasteiger partial charge on any atom is -0.515 e. The van der Waals surface area contributed by atoms with Crippen LogP contribution >= 0.6 is 23.2 Å². The highest BCUT2D eigenvalue weighted by Gasteiger charge is 2.05. The molecule has 0 heterocycles. The Bertz CT molecular complexity index is 681. The van der Waals surface area contributed by atoms with Crippen LogP contribution in [-0.4, -0.2) is 10.9 Å². The van der Waals surface area contributed by atoms with Gasteiger partial charge in [-0.3, -0.25) is 4.79 Å². The van der Waals surface area contributed by atoms with E-state index in [1.807, 2.05) is 0 Å². The van der Waals surface area contributed by atoms with E-state index in [-0.39, 0.29) is 12.4 Å². The minimum absolute atomic E-state index is 0.267. The lowest BCUT2D eigenvalue weighted by molar-refractivity contribution is 0.104. The Morgan fingerprint density at radius 2 is 2.00 bits per heavy atom. The largest absolute Gasteiger partial charge is 0.515 e. The quantitative estimate of drug-likeness (QED) is 0.487. The summed E-state index contributed by atoms with van der Waals surface area (Å²) in [6.07, 6.45) is 1.79. The Hall–Kier alpha value is -1.97. The van der Waals surface area contributed by atoms with Gasteiger partial charge in [-0.2, -0.15) is 0 Å². The molecule has 5 heteroatoms. The van der Waals surface area contributed by atoms with Crippen LogP contribution in [0.5, 0.6) is 5.75 Å². The summed E-state index contributed by atoms with van der Waals surface area (Å²) in [5.41, 5.74) is 1.23. The molecule has 0 saturated carbocycles. The second-order valence-corrected chi connectivity index (χ2v) is 5.08. The maximum Gasteiger partial charge on any atom is 0.189 e. The van der Waals surface area contributed by atoms with Crippen molar-refractivity contribution in [2.45, 2.75) is 6.61 Å². The van der Waals surface area contributed by atoms with Crippen molar-refractivity contribution in [3.63, 3.8) is 0 Å². The van der Waals surface area contributed by atoms with Gasteiger partial charge in [-0.1, -0.05) is 41.4 Å². The Balaban J connectivity index is 2.10. The van der Waals surface area contributed by atoms with E-state index in [9.17, 15) is 4.79 Å². The number of allylic oxidation sites excluding steroid dienone is 1. The summed E-state index contributed by atoms with van der Waals surface area (Å²) in [5, 5.41) is 9.70. The van der Waals surface area contributed by atoms with Crippen LogP contribution in [0.3, 0.4) is 0 Å². The van der Waals surface area contributed by atoms with E-state index in [1.165, 1.54) is 0 Å². The molecule has 108 valence electrons. The Kier molecular flexibility index (Phi) is 5.26. The van der Waals surface area contributed by atoms with Crippen LogP contribution in [0.4, 0.5) is 0 Å². The standard InChI is InChI=1S/C16H12Cl2O3/c17-13-5-4-12(15(18)9-13)10-21-14-3-1-2-11(8-14)16(20)6-7-19/h1-9,19H,10H2. The van der Waals surface area contributed by atoms with Crippen LogP contribution < -0.4 is 4.74 Å². The molecule has 0 aliphatic rings. The van der Waals surface area contributed by atoms with Crippen molar-refractivity contribution in [1.82, 2.24) is 0 Å². The van der Waals surface area contributed by atoms with Gasteiger partial charge in [-0.25, -0.2) is 0 Å². The number of benzene rings is 2. The van der Waals surface area contributed by atoms with Crippen molar-refractivity contribution >= 4 is 29.0 Å². The molecular formula is C16H12Cl2O3. The van der Waals surface area contributed by atoms with Crippen LogP contribution in [0.1, 0.15) is 15.9 Å². The number of halogens is 2. The van der Waals surface area contributed by atoms with Crippen molar-refractivity contribution in [2.75, 3.05) is 0 Å². The lowest BCUT2D eigenvalue weighted by Crippen LogP contribution is -1.99. The van der Waals surface area contributed by atoms with E-state index < -0.39 is 0 Å². The molecule has 0 aliphatic heterocycles. The molecule has 21 heavy (non-hydrogen) atoms. The van der Waals surface area contributed by atoms with E-state index in [1.54, 1.807) is 42.5 Å². The second-order valence-electron chi connectivity index (χ2n) is 4.23. The lowest BCUT2D eigenvalue weighted by atomic mass is 10.1. The average molecular weight is 323 g/mol. The highest BCUT2D eigenvalue weighted by molar-refractivity contribution is 6.35. The molecule has 0 saturated heterocycles. The first-order valence-electron chi connectivity index (χ1n) is 6.12. The Morgan fingerprint density at radius 1 is 1.19 bits per heavy atom. The number of hydrogen-bond acceptors (Lipinski definition) is 3. The first-order chi connectivity index (χ1) is 10.1. The predicted molar refractivity (Wildman–Crippen MR) is 83.3 cm³/mol. The van der Waals surface area contributed by atoms with Crippen LogP contribution in [0.25, 0.3) is 0 Å². The summed E-state index contributed by atoms with van der Waals surface area (Å²) < 4.78 is 5.62. The molecule has 0 atom stereocenters. The van der Waals surface area contributed by atoms with Crippen molar-refractivity contribution in [1.29, 1.82) is 0 Å². The zero-order chi connectivity index (χ0) is 15.2. The molecule has 0 radical (unpaired) electrons. The molecule has 0 bridgehead atoms. The van der Waals surface area contributed by atoms with Crippen molar-refractivity contribution < 1.29 is 14.6 Å². The van der Waals surface area contributed by atoms with Crippen LogP contribution in [0.2, 0.25) is 10.0 Å². The molecule has 0 aliphatic carbocycles. The molecule has 3 nitrogen and oxygen atoms in total. The van der Waals surface area contributed by atoms with Crippen LogP contribution in [0, 0.1) is 0 Å². The first-order valence-corrected chi connectivity index (χ1v) is 6.87. The number of ether oxygens (including phenoxy) is 1. The number of aliphatic hydroxyl groups excluding tert-OH is 1. The zero-order valence-electron chi connectivity index (χ0n) is 10.9. The third-order valence-electron chi connectivity index (χ3n) is 2.75. The lowest BCUT2D eigenvalue weighted by Gasteiger charge is -2.09. The molecule has 2 aromatic rings. The van der Waals surface area contributed by atoms with Gasteiger partial charge in [0.15, 0.2) is 5.78 Å². The molecular weight excluding hydrogens is 311 g/mol. The number of carbonyl (C=O) groups is 1. The minimum atomic E-state index is -0.299. The fourth-order valence-electron chi connectivity index (χ4n) is 1.70. The van der Waals surface area contributed by atoms with Gasteiger partial charge in [0.2, 0.25) is 0 Å². The molecule has 0 amide bonds. The summed E-state index contributed by atoms with van der Waals surface area (Å²) >= 11 is 11.9. The van der Waals surface area contributed by atoms with E-state index in [0.29, 0.717) is 27.6 Å². The fraction of sp³-hybridized carbons (Fsp3) is 0.0625. The molecule has 0 fully saturated rings. The normalized spacial score (nSPS) is 10.8. The van der Waals surface area contributed by atoms with Crippen molar-refractivity contribution in [3.8, 4) is 5.75 Å². The van der Waals surface area contributed by atoms with Gasteiger partial charge in [0.05, 0.1) is 6.26 Å². The van der Waals surface area contributed by atoms with E-state index >= 15 is 0 Å². The third-order valence-corrected chi connectivity index (χ3v) is 3.34. The van der Waals surface area contributed by atoms with Gasteiger partial charge in [0.25, 0.3) is 0 Å². The van der Waals surface area contributed by atoms with Crippen LogP contribution in [-0.2, 0) is 6.61 Å². The summed E-state index contributed by atoms with van der Waals surface area (Å²) in [7, 11) is 0. The highest BCUT2D eigenvalue weighted by Crippen LogP contribution is 2.23. The second kappa shape index (κ2) is 7.16. The molecule has 1 N–H and O–H groups in total. The number of rotatable bonds is 5. The van der Waals surface area contributed by atoms with Crippen LogP contribution in [0.15, 0.2) is 54.8 Å². The summed E-state index contributed by atoms with van der Waals surface area (Å²) in [5.74, 6) is 0.241. The van der Waals surface area contributed by atoms with Gasteiger partial charge in [-0.15, -0.1) is 0 Å². The third kappa shape index (κ3) is 4.25. The smallest absolute Gasteiger partial charge is 0.189 e. The maximum absolute atomic E-state index is 11.6. The maximum atomic E-state index is 11.6. The van der Waals surface area contributed by atoms with Gasteiger partial charge in [-0.05, 0) is 24.3 Å². The van der Waals surface area contributed by atoms with E-state index in [2.05, 4.69) is 0 Å². The van der Waals surface area contributed by atoms with Gasteiger partial charge in [0.1, 0.15) is 12.4 Å². The number of aliphatic hydroxyl groups is 1. The summed E-state index contributed by atoms with van der Waals surface area (Å²) in [6.45, 7) is 0.267. The van der Waals surface area contributed by atoms with Gasteiger partial charge >= 0.3 is 0 Å². The van der Waals surface area contributed by atoms with E-state index in [4.69, 9.17) is 33.0 Å². The SMILES string of the molecule is O=C(C=CO)c1cccc(OCc2ccc(Cl)cc2Cl)c1. The first kappa shape index (κ1) is 15.4. The Morgan fingerprint density at radius 3 is 2.71 bits per heavy atom. The predicted octanol–water partition coefficient (Wildman–Crippen LogP) is 4.83. The van der Waals surface area contributed by atoms with Gasteiger partial charge < -0.3 is 9.84 Å². The summed E-state index contributed by atoms with van der Waals surface area (Å²) in [6, 6.07) is 11.9. The number of hydrogen-bond donors (Lipinski definition) is 1. The zero-order valence-corrected chi connectivity index (χ0v) is 12.4. The monoisotopic (exact) mass is 322 g/mol. The van der Waals surface area contributed by atoms with Crippen molar-refractivity contribution in [3.05, 3.63) is 76.0 Å². The molecule has 0 spiro atoms. The Labute approximate surface area is 132 Å². The fourth-order valence-corrected chi connectivity index (χ4v) is 2.17. The average Bonchev–Trinajstić information content (AvgIpc) is 2.47. The number of ketones is 1. The van der Waals surface area contributed by atoms with Gasteiger partial charge in [0, 0.05) is 27.2 Å². The topological polar surface area (TPSA) is 46.5 Å². The van der Waals surface area contributed by atoms with E-state index in [0.717, 1.165) is 11.6 Å². The highest BCUT2D eigenvalue weighted by atomic mass is 35.5. The van der Waals surface area contributed by atoms with Crippen molar-refractivity contribution in [2.24, 2.45) is 0 Å². The molecule has 0 unspecified atom stereocenters. The summed E-state index contributed by atoms with van der Waals surface area (Å²) in [4.78, 5) is 11.6.